The van der Waals surface area contributed by atoms with E-state index in [0.717, 1.165) is 55.8 Å². The summed E-state index contributed by atoms with van der Waals surface area (Å²) in [5.41, 5.74) is 2.26. The molecule has 1 fully saturated rings. The van der Waals surface area contributed by atoms with Crippen LogP contribution in [0.2, 0.25) is 0 Å². The summed E-state index contributed by atoms with van der Waals surface area (Å²) < 4.78 is 5.75. The van der Waals surface area contributed by atoms with Crippen LogP contribution in [-0.2, 0) is 4.79 Å². The van der Waals surface area contributed by atoms with Crippen molar-refractivity contribution in [3.05, 3.63) is 29.3 Å². The Balaban J connectivity index is 1.66. The largest absolute Gasteiger partial charge is 0.483 e. The summed E-state index contributed by atoms with van der Waals surface area (Å²) >= 11 is 0. The quantitative estimate of drug-likeness (QED) is 0.709. The first-order valence-electron chi connectivity index (χ1n) is 9.36. The molecule has 0 unspecified atom stereocenters. The lowest BCUT2D eigenvalue weighted by molar-refractivity contribution is -0.123. The summed E-state index contributed by atoms with van der Waals surface area (Å²) in [7, 11) is 0. The van der Waals surface area contributed by atoms with Crippen molar-refractivity contribution in [3.63, 3.8) is 0 Å². The second kappa shape index (κ2) is 9.78. The van der Waals surface area contributed by atoms with Crippen molar-refractivity contribution in [2.45, 2.75) is 52.1 Å². The number of likely N-dealkylation sites (tertiary alicyclic amines) is 1. The van der Waals surface area contributed by atoms with Gasteiger partial charge in [-0.1, -0.05) is 26.0 Å². The molecule has 140 valence electrons. The van der Waals surface area contributed by atoms with Gasteiger partial charge in [0.1, 0.15) is 5.75 Å². The predicted molar refractivity (Wildman–Crippen MR) is 100 cm³/mol. The Kier molecular flexibility index (Phi) is 7.72. The Morgan fingerprint density at radius 2 is 2.08 bits per heavy atom. The van der Waals surface area contributed by atoms with E-state index in [4.69, 9.17) is 4.74 Å². The van der Waals surface area contributed by atoms with E-state index in [2.05, 4.69) is 36.2 Å². The number of nitrogens with one attached hydrogen (secondary N) is 1. The predicted octanol–water partition coefficient (Wildman–Crippen LogP) is 2.46. The molecule has 0 atom stereocenters. The number of aliphatic hydroxyl groups excluding tert-OH is 1. The highest BCUT2D eigenvalue weighted by Gasteiger charge is 2.16. The average Bonchev–Trinajstić information content (AvgIpc) is 2.58. The Bertz CT molecular complexity index is 552. The highest BCUT2D eigenvalue weighted by Crippen LogP contribution is 2.27. The lowest BCUT2D eigenvalue weighted by Gasteiger charge is -2.29. The van der Waals surface area contributed by atoms with E-state index < -0.39 is 0 Å². The summed E-state index contributed by atoms with van der Waals surface area (Å²) in [4.78, 5) is 14.3. The van der Waals surface area contributed by atoms with Gasteiger partial charge in [-0.3, -0.25) is 4.79 Å². The van der Waals surface area contributed by atoms with Crippen molar-refractivity contribution in [1.29, 1.82) is 0 Å². The Hall–Kier alpha value is -1.59. The van der Waals surface area contributed by atoms with Crippen LogP contribution in [0.3, 0.4) is 0 Å². The molecular formula is C20H32N2O3. The lowest BCUT2D eigenvalue weighted by Crippen LogP contribution is -2.38. The van der Waals surface area contributed by atoms with Crippen LogP contribution in [0.15, 0.2) is 18.2 Å². The Morgan fingerprint density at radius 3 is 2.76 bits per heavy atom. The monoisotopic (exact) mass is 348 g/mol. The van der Waals surface area contributed by atoms with E-state index in [1.807, 2.05) is 13.0 Å². The first-order valence-corrected chi connectivity index (χ1v) is 9.36. The van der Waals surface area contributed by atoms with Gasteiger partial charge in [0.25, 0.3) is 5.91 Å². The lowest BCUT2D eigenvalue weighted by atomic mass is 10.0. The van der Waals surface area contributed by atoms with Crippen LogP contribution in [0.25, 0.3) is 0 Å². The second-order valence-corrected chi connectivity index (χ2v) is 7.26. The van der Waals surface area contributed by atoms with Crippen LogP contribution in [0, 0.1) is 6.92 Å². The smallest absolute Gasteiger partial charge is 0.257 e. The third-order valence-corrected chi connectivity index (χ3v) is 4.68. The molecule has 0 aromatic heterocycles. The van der Waals surface area contributed by atoms with E-state index in [0.29, 0.717) is 12.5 Å². The number of aliphatic hydroxyl groups is 1. The number of amides is 1. The van der Waals surface area contributed by atoms with Gasteiger partial charge in [0, 0.05) is 19.6 Å². The van der Waals surface area contributed by atoms with Crippen LogP contribution in [-0.4, -0.2) is 54.8 Å². The number of aryl methyl sites for hydroxylation is 1. The molecule has 5 heteroatoms. The second-order valence-electron chi connectivity index (χ2n) is 7.26. The van der Waals surface area contributed by atoms with Crippen molar-refractivity contribution >= 4 is 5.91 Å². The zero-order chi connectivity index (χ0) is 18.2. The first-order chi connectivity index (χ1) is 12.0. The minimum absolute atomic E-state index is 0.0546. The van der Waals surface area contributed by atoms with Gasteiger partial charge >= 0.3 is 0 Å². The fraction of sp³-hybridized carbons (Fsp3) is 0.650. The maximum atomic E-state index is 12.0. The summed E-state index contributed by atoms with van der Waals surface area (Å²) in [6.07, 6.45) is 2.50. The molecule has 0 radical (unpaired) electrons. The number of nitrogens with zero attached hydrogens (tertiary/aromatic N) is 1. The van der Waals surface area contributed by atoms with Gasteiger partial charge in [-0.2, -0.15) is 0 Å². The van der Waals surface area contributed by atoms with Crippen LogP contribution in [0.4, 0.5) is 0 Å². The minimum atomic E-state index is -0.134. The van der Waals surface area contributed by atoms with Gasteiger partial charge in [-0.25, -0.2) is 0 Å². The molecule has 25 heavy (non-hydrogen) atoms. The fourth-order valence-corrected chi connectivity index (χ4v) is 3.11. The highest BCUT2D eigenvalue weighted by atomic mass is 16.5. The Morgan fingerprint density at radius 1 is 1.36 bits per heavy atom. The van der Waals surface area contributed by atoms with E-state index in [9.17, 15) is 9.90 Å². The standard InChI is InChI=1S/C20H32N2O3/c1-15(2)18-6-5-16(3)13-19(18)25-14-20(24)21-9-4-10-22-11-7-17(23)8-12-22/h5-6,13,15,17,23H,4,7-12,14H2,1-3H3,(H,21,24). The van der Waals surface area contributed by atoms with Crippen molar-refractivity contribution in [2.24, 2.45) is 0 Å². The van der Waals surface area contributed by atoms with Crippen LogP contribution in [0.1, 0.15) is 50.2 Å². The molecule has 0 saturated carbocycles. The van der Waals surface area contributed by atoms with Gasteiger partial charge in [0.15, 0.2) is 6.61 Å². The van der Waals surface area contributed by atoms with Crippen LogP contribution < -0.4 is 10.1 Å². The molecule has 1 heterocycles. The molecule has 0 aliphatic carbocycles. The van der Waals surface area contributed by atoms with Gasteiger partial charge in [-0.05, 0) is 55.8 Å². The van der Waals surface area contributed by atoms with Crippen molar-refractivity contribution < 1.29 is 14.6 Å². The zero-order valence-electron chi connectivity index (χ0n) is 15.8. The number of piperidine rings is 1. The van der Waals surface area contributed by atoms with E-state index in [1.54, 1.807) is 0 Å². The summed E-state index contributed by atoms with van der Waals surface area (Å²) in [6, 6.07) is 6.14. The number of ether oxygens (including phenoxy) is 1. The number of carbonyl (C=O) groups excluding carboxylic acids is 1. The molecule has 2 rings (SSSR count). The molecule has 1 aromatic carbocycles. The minimum Gasteiger partial charge on any atom is -0.483 e. The first kappa shape index (κ1) is 19.7. The van der Waals surface area contributed by atoms with Crippen molar-refractivity contribution in [1.82, 2.24) is 10.2 Å². The molecule has 1 aromatic rings. The third-order valence-electron chi connectivity index (χ3n) is 4.68. The number of rotatable bonds is 8. The third kappa shape index (κ3) is 6.67. The summed E-state index contributed by atoms with van der Waals surface area (Å²) in [5, 5.41) is 12.4. The number of carbonyl (C=O) groups is 1. The normalized spacial score (nSPS) is 16.2. The van der Waals surface area contributed by atoms with E-state index >= 15 is 0 Å². The molecule has 1 saturated heterocycles. The molecule has 5 nitrogen and oxygen atoms in total. The van der Waals surface area contributed by atoms with Crippen molar-refractivity contribution in [3.8, 4) is 5.75 Å². The summed E-state index contributed by atoms with van der Waals surface area (Å²) in [6.45, 7) is 9.84. The maximum absolute atomic E-state index is 12.0. The van der Waals surface area contributed by atoms with Gasteiger partial charge in [0.05, 0.1) is 6.10 Å². The maximum Gasteiger partial charge on any atom is 0.257 e. The molecular weight excluding hydrogens is 316 g/mol. The van der Waals surface area contributed by atoms with Gasteiger partial charge in [0.2, 0.25) is 0 Å². The molecule has 1 amide bonds. The van der Waals surface area contributed by atoms with Gasteiger partial charge in [-0.15, -0.1) is 0 Å². The number of hydrogen-bond donors (Lipinski definition) is 2. The molecule has 0 spiro atoms. The fourth-order valence-electron chi connectivity index (χ4n) is 3.11. The van der Waals surface area contributed by atoms with Crippen LogP contribution >= 0.6 is 0 Å². The van der Waals surface area contributed by atoms with Crippen LogP contribution in [0.5, 0.6) is 5.75 Å². The zero-order valence-corrected chi connectivity index (χ0v) is 15.8. The molecule has 1 aliphatic rings. The molecule has 2 N–H and O–H groups in total. The average molecular weight is 348 g/mol. The molecule has 1 aliphatic heterocycles. The van der Waals surface area contributed by atoms with Crippen molar-refractivity contribution in [2.75, 3.05) is 32.8 Å². The van der Waals surface area contributed by atoms with E-state index in [1.165, 1.54) is 0 Å². The SMILES string of the molecule is Cc1ccc(C(C)C)c(OCC(=O)NCCCN2CCC(O)CC2)c1. The van der Waals surface area contributed by atoms with Gasteiger partial charge < -0.3 is 20.1 Å². The molecule has 0 bridgehead atoms. The van der Waals surface area contributed by atoms with E-state index in [-0.39, 0.29) is 18.6 Å². The Labute approximate surface area is 151 Å². The highest BCUT2D eigenvalue weighted by molar-refractivity contribution is 5.77. The topological polar surface area (TPSA) is 61.8 Å². The number of benzene rings is 1. The summed E-state index contributed by atoms with van der Waals surface area (Å²) in [5.74, 6) is 1.09. The number of hydrogen-bond acceptors (Lipinski definition) is 4.